The summed E-state index contributed by atoms with van der Waals surface area (Å²) in [6.45, 7) is 7.06. The summed E-state index contributed by atoms with van der Waals surface area (Å²) < 4.78 is 0. The van der Waals surface area contributed by atoms with Crippen LogP contribution in [-0.2, 0) is 0 Å². The van der Waals surface area contributed by atoms with E-state index in [1.165, 1.54) is 25.9 Å². The second kappa shape index (κ2) is 7.98. The second-order valence-electron chi connectivity index (χ2n) is 5.63. The first kappa shape index (κ1) is 15.8. The van der Waals surface area contributed by atoms with E-state index in [2.05, 4.69) is 22.1 Å². The highest BCUT2D eigenvalue weighted by Crippen LogP contribution is 2.10. The smallest absolute Gasteiger partial charge is 0.253 e. The average Bonchev–Trinajstić information content (AvgIpc) is 3.03. The van der Waals surface area contributed by atoms with Crippen LogP contribution in [0.15, 0.2) is 18.3 Å². The molecule has 0 atom stereocenters. The van der Waals surface area contributed by atoms with Crippen LogP contribution in [0.2, 0.25) is 0 Å². The molecule has 1 N–H and O–H groups in total. The summed E-state index contributed by atoms with van der Waals surface area (Å²) in [5, 5.41) is 3.22. The van der Waals surface area contributed by atoms with Crippen LogP contribution in [0.4, 0.5) is 5.82 Å². The van der Waals surface area contributed by atoms with E-state index in [1.54, 1.807) is 17.2 Å². The van der Waals surface area contributed by atoms with Crippen LogP contribution in [0.5, 0.6) is 0 Å². The molecule has 0 aromatic carbocycles. The molecule has 1 saturated heterocycles. The van der Waals surface area contributed by atoms with Gasteiger partial charge in [-0.2, -0.15) is 0 Å². The molecule has 116 valence electrons. The molecule has 1 aromatic heterocycles. The number of hydrogen-bond acceptors (Lipinski definition) is 4. The van der Waals surface area contributed by atoms with Gasteiger partial charge in [-0.05, 0) is 44.5 Å². The van der Waals surface area contributed by atoms with Crippen LogP contribution >= 0.6 is 0 Å². The highest BCUT2D eigenvalue weighted by atomic mass is 16.2. The topological polar surface area (TPSA) is 48.5 Å². The lowest BCUT2D eigenvalue weighted by molar-refractivity contribution is 0.0782. The second-order valence-corrected chi connectivity index (χ2v) is 5.63. The van der Waals surface area contributed by atoms with Crippen molar-refractivity contribution in [1.82, 2.24) is 14.8 Å². The molecule has 0 saturated carbocycles. The average molecular weight is 290 g/mol. The van der Waals surface area contributed by atoms with Crippen molar-refractivity contribution >= 4 is 11.7 Å². The molecule has 1 aromatic rings. The molecular weight excluding hydrogens is 264 g/mol. The van der Waals surface area contributed by atoms with Gasteiger partial charge in [0.15, 0.2) is 0 Å². The molecule has 0 spiro atoms. The number of rotatable bonds is 7. The van der Waals surface area contributed by atoms with Crippen molar-refractivity contribution < 1.29 is 4.79 Å². The van der Waals surface area contributed by atoms with E-state index < -0.39 is 0 Å². The number of anilines is 1. The van der Waals surface area contributed by atoms with Crippen molar-refractivity contribution in [3.05, 3.63) is 23.9 Å². The zero-order chi connectivity index (χ0) is 15.1. The lowest BCUT2D eigenvalue weighted by atomic mass is 10.2. The maximum atomic E-state index is 12.4. The van der Waals surface area contributed by atoms with Gasteiger partial charge < -0.3 is 15.1 Å². The van der Waals surface area contributed by atoms with Crippen molar-refractivity contribution in [3.8, 4) is 0 Å². The number of carbonyl (C=O) groups is 1. The lowest BCUT2D eigenvalue weighted by Crippen LogP contribution is -2.35. The number of nitrogens with one attached hydrogen (secondary N) is 1. The van der Waals surface area contributed by atoms with Crippen molar-refractivity contribution in [2.75, 3.05) is 45.1 Å². The largest absolute Gasteiger partial charge is 0.370 e. The van der Waals surface area contributed by atoms with Crippen LogP contribution in [-0.4, -0.2) is 60.5 Å². The first-order chi connectivity index (χ1) is 10.2. The van der Waals surface area contributed by atoms with Gasteiger partial charge in [-0.3, -0.25) is 4.79 Å². The number of pyridine rings is 1. The maximum Gasteiger partial charge on any atom is 0.253 e. The molecular formula is C16H26N4O. The molecule has 5 heteroatoms. The van der Waals surface area contributed by atoms with Crippen molar-refractivity contribution in [1.29, 1.82) is 0 Å². The standard InChI is InChI=1S/C16H26N4O/c1-3-7-17-15-13-14(6-8-18-15)16(21)19(2)11-12-20-9-4-5-10-20/h6,8,13H,3-5,7,9-12H2,1-2H3,(H,17,18). The van der Waals surface area contributed by atoms with E-state index in [1.807, 2.05) is 13.1 Å². The van der Waals surface area contributed by atoms with Gasteiger partial charge in [-0.25, -0.2) is 4.98 Å². The molecule has 2 rings (SSSR count). The molecule has 1 aliphatic rings. The maximum absolute atomic E-state index is 12.4. The highest BCUT2D eigenvalue weighted by molar-refractivity contribution is 5.94. The van der Waals surface area contributed by atoms with E-state index in [0.717, 1.165) is 31.9 Å². The fraction of sp³-hybridized carbons (Fsp3) is 0.625. The Bertz CT molecular complexity index is 457. The Morgan fingerprint density at radius 1 is 1.43 bits per heavy atom. The molecule has 21 heavy (non-hydrogen) atoms. The van der Waals surface area contributed by atoms with Gasteiger partial charge in [0.25, 0.3) is 5.91 Å². The predicted molar refractivity (Wildman–Crippen MR) is 85.7 cm³/mol. The summed E-state index contributed by atoms with van der Waals surface area (Å²) in [5.41, 5.74) is 0.701. The van der Waals surface area contributed by atoms with Crippen LogP contribution in [0.3, 0.4) is 0 Å². The Morgan fingerprint density at radius 2 is 2.19 bits per heavy atom. The number of nitrogens with zero attached hydrogens (tertiary/aromatic N) is 3. The molecule has 1 aliphatic heterocycles. The Kier molecular flexibility index (Phi) is 5.99. The SMILES string of the molecule is CCCNc1cc(C(=O)N(C)CCN2CCCC2)ccn1. The van der Waals surface area contributed by atoms with E-state index >= 15 is 0 Å². The fourth-order valence-electron chi connectivity index (χ4n) is 2.53. The Balaban J connectivity index is 1.88. The van der Waals surface area contributed by atoms with Crippen LogP contribution in [0, 0.1) is 0 Å². The first-order valence-corrected chi connectivity index (χ1v) is 7.88. The molecule has 0 bridgehead atoms. The molecule has 1 fully saturated rings. The summed E-state index contributed by atoms with van der Waals surface area (Å²) in [4.78, 5) is 20.9. The molecule has 0 radical (unpaired) electrons. The molecule has 1 amide bonds. The normalized spacial score (nSPS) is 15.1. The number of likely N-dealkylation sites (tertiary alicyclic amines) is 1. The van der Waals surface area contributed by atoms with Crippen LogP contribution < -0.4 is 5.32 Å². The molecule has 0 aliphatic carbocycles. The van der Waals surface area contributed by atoms with Gasteiger partial charge in [0, 0.05) is 38.4 Å². The summed E-state index contributed by atoms with van der Waals surface area (Å²) >= 11 is 0. The van der Waals surface area contributed by atoms with E-state index in [0.29, 0.717) is 5.56 Å². The summed E-state index contributed by atoms with van der Waals surface area (Å²) in [7, 11) is 1.87. The number of likely N-dealkylation sites (N-methyl/N-ethyl adjacent to an activating group) is 1. The third-order valence-corrected chi connectivity index (χ3v) is 3.86. The highest BCUT2D eigenvalue weighted by Gasteiger charge is 2.15. The molecule has 5 nitrogen and oxygen atoms in total. The summed E-state index contributed by atoms with van der Waals surface area (Å²) in [5.74, 6) is 0.840. The zero-order valence-corrected chi connectivity index (χ0v) is 13.1. The van der Waals surface area contributed by atoms with Gasteiger partial charge in [-0.1, -0.05) is 6.92 Å². The quantitative estimate of drug-likeness (QED) is 0.835. The summed E-state index contributed by atoms with van der Waals surface area (Å²) in [6.07, 6.45) is 5.30. The van der Waals surface area contributed by atoms with Crippen molar-refractivity contribution in [3.63, 3.8) is 0 Å². The number of carbonyl (C=O) groups excluding carboxylic acids is 1. The minimum atomic E-state index is 0.0659. The predicted octanol–water partition coefficient (Wildman–Crippen LogP) is 2.07. The first-order valence-electron chi connectivity index (χ1n) is 7.88. The lowest BCUT2D eigenvalue weighted by Gasteiger charge is -2.21. The summed E-state index contributed by atoms with van der Waals surface area (Å²) in [6, 6.07) is 3.62. The van der Waals surface area contributed by atoms with Gasteiger partial charge in [0.2, 0.25) is 0 Å². The zero-order valence-electron chi connectivity index (χ0n) is 13.1. The van der Waals surface area contributed by atoms with E-state index in [-0.39, 0.29) is 5.91 Å². The van der Waals surface area contributed by atoms with Crippen LogP contribution in [0.25, 0.3) is 0 Å². The Morgan fingerprint density at radius 3 is 2.90 bits per heavy atom. The van der Waals surface area contributed by atoms with E-state index in [9.17, 15) is 4.79 Å². The third-order valence-electron chi connectivity index (χ3n) is 3.86. The van der Waals surface area contributed by atoms with Gasteiger partial charge in [0.05, 0.1) is 0 Å². The number of hydrogen-bond donors (Lipinski definition) is 1. The monoisotopic (exact) mass is 290 g/mol. The minimum absolute atomic E-state index is 0.0659. The van der Waals surface area contributed by atoms with Crippen LogP contribution in [0.1, 0.15) is 36.5 Å². The third kappa shape index (κ3) is 4.70. The molecule has 2 heterocycles. The van der Waals surface area contributed by atoms with Gasteiger partial charge in [-0.15, -0.1) is 0 Å². The molecule has 0 unspecified atom stereocenters. The van der Waals surface area contributed by atoms with Crippen molar-refractivity contribution in [2.24, 2.45) is 0 Å². The van der Waals surface area contributed by atoms with Gasteiger partial charge in [0.1, 0.15) is 5.82 Å². The Labute approximate surface area is 127 Å². The number of aromatic nitrogens is 1. The Hall–Kier alpha value is -1.62. The fourth-order valence-corrected chi connectivity index (χ4v) is 2.53. The van der Waals surface area contributed by atoms with Gasteiger partial charge >= 0.3 is 0 Å². The van der Waals surface area contributed by atoms with E-state index in [4.69, 9.17) is 0 Å². The number of amides is 1. The minimum Gasteiger partial charge on any atom is -0.370 e. The van der Waals surface area contributed by atoms with Crippen molar-refractivity contribution in [2.45, 2.75) is 26.2 Å².